The van der Waals surface area contributed by atoms with E-state index in [0.29, 0.717) is 12.0 Å². The molecule has 1 N–H and O–H groups in total. The van der Waals surface area contributed by atoms with E-state index in [0.717, 1.165) is 61.3 Å². The Balaban J connectivity index is 1.48. The van der Waals surface area contributed by atoms with Crippen molar-refractivity contribution in [2.75, 3.05) is 18.0 Å². The summed E-state index contributed by atoms with van der Waals surface area (Å²) in [5, 5.41) is 0. The monoisotopic (exact) mass is 353 g/mol. The van der Waals surface area contributed by atoms with Gasteiger partial charge in [0.2, 0.25) is 5.95 Å². The number of aromatic amines is 1. The van der Waals surface area contributed by atoms with Gasteiger partial charge in [-0.15, -0.1) is 0 Å². The van der Waals surface area contributed by atoms with Crippen molar-refractivity contribution < 1.29 is 4.39 Å². The summed E-state index contributed by atoms with van der Waals surface area (Å²) < 4.78 is 16.3. The van der Waals surface area contributed by atoms with Crippen LogP contribution in [0.5, 0.6) is 0 Å². The molecule has 0 radical (unpaired) electrons. The molecule has 136 valence electrons. The van der Waals surface area contributed by atoms with Crippen LogP contribution in [-0.2, 0) is 6.42 Å². The minimum Gasteiger partial charge on any atom is -0.348 e. The summed E-state index contributed by atoms with van der Waals surface area (Å²) in [5.41, 5.74) is 5.41. The Hall–Kier alpha value is -2.37. The van der Waals surface area contributed by atoms with Gasteiger partial charge in [0, 0.05) is 36.8 Å². The van der Waals surface area contributed by atoms with Gasteiger partial charge in [-0.25, -0.2) is 14.4 Å². The summed E-state index contributed by atoms with van der Waals surface area (Å²) in [6.45, 7) is 6.27. The van der Waals surface area contributed by atoms with Gasteiger partial charge in [-0.05, 0) is 51.2 Å². The molecule has 5 nitrogen and oxygen atoms in total. The molecule has 5 rings (SSSR count). The number of halogens is 1. The number of imidazole rings is 2. The SMILES string of the molecule is Cc1[nH]cnc1C1CCN(c2nc3cc(F)cc4c3n2C(C)CC4)CC1. The lowest BCUT2D eigenvalue weighted by Gasteiger charge is -2.34. The van der Waals surface area contributed by atoms with E-state index in [-0.39, 0.29) is 5.82 Å². The van der Waals surface area contributed by atoms with Crippen molar-refractivity contribution in [3.05, 3.63) is 41.2 Å². The molecule has 2 aliphatic heterocycles. The zero-order chi connectivity index (χ0) is 17.8. The summed E-state index contributed by atoms with van der Waals surface area (Å²) >= 11 is 0. The van der Waals surface area contributed by atoms with Crippen LogP contribution in [0.3, 0.4) is 0 Å². The Morgan fingerprint density at radius 1 is 1.19 bits per heavy atom. The summed E-state index contributed by atoms with van der Waals surface area (Å²) in [4.78, 5) is 14.9. The van der Waals surface area contributed by atoms with Crippen LogP contribution < -0.4 is 4.90 Å². The van der Waals surface area contributed by atoms with E-state index in [9.17, 15) is 4.39 Å². The molecule has 0 spiro atoms. The van der Waals surface area contributed by atoms with Gasteiger partial charge in [-0.2, -0.15) is 0 Å². The van der Waals surface area contributed by atoms with Crippen molar-refractivity contribution >= 4 is 17.0 Å². The number of nitrogens with zero attached hydrogens (tertiary/aromatic N) is 4. The van der Waals surface area contributed by atoms with E-state index in [1.54, 1.807) is 18.5 Å². The summed E-state index contributed by atoms with van der Waals surface area (Å²) in [5.74, 6) is 1.34. The lowest BCUT2D eigenvalue weighted by atomic mass is 9.92. The number of anilines is 1. The summed E-state index contributed by atoms with van der Waals surface area (Å²) in [7, 11) is 0. The molecule has 0 bridgehead atoms. The Labute approximate surface area is 152 Å². The molecule has 1 atom stereocenters. The summed E-state index contributed by atoms with van der Waals surface area (Å²) in [6.07, 6.45) is 5.91. The average molecular weight is 353 g/mol. The standard InChI is InChI=1S/C20H24FN5/c1-12-3-4-15-9-16(21)10-17-19(15)26(12)20(24-17)25-7-5-14(6-8-25)18-13(2)22-11-23-18/h9-12,14H,3-8H2,1-2H3,(H,22,23). The molecule has 4 heterocycles. The first-order valence-corrected chi connectivity index (χ1v) is 9.57. The second kappa shape index (κ2) is 5.83. The number of aromatic nitrogens is 4. The number of hydrogen-bond donors (Lipinski definition) is 1. The number of H-pyrrole nitrogens is 1. The average Bonchev–Trinajstić information content (AvgIpc) is 3.23. The van der Waals surface area contributed by atoms with E-state index < -0.39 is 0 Å². The van der Waals surface area contributed by atoms with Crippen LogP contribution in [0.1, 0.15) is 55.1 Å². The van der Waals surface area contributed by atoms with Crippen LogP contribution in [0, 0.1) is 12.7 Å². The van der Waals surface area contributed by atoms with E-state index in [1.165, 1.54) is 11.4 Å². The molecule has 2 aromatic heterocycles. The molecule has 6 heteroatoms. The lowest BCUT2D eigenvalue weighted by Crippen LogP contribution is -2.35. The molecule has 0 aliphatic carbocycles. The van der Waals surface area contributed by atoms with E-state index in [1.807, 2.05) is 0 Å². The van der Waals surface area contributed by atoms with Crippen LogP contribution in [-0.4, -0.2) is 32.6 Å². The van der Waals surface area contributed by atoms with E-state index in [2.05, 4.69) is 33.3 Å². The maximum absolute atomic E-state index is 14.0. The van der Waals surface area contributed by atoms with Gasteiger partial charge in [-0.3, -0.25) is 0 Å². The molecule has 2 aliphatic rings. The second-order valence-electron chi connectivity index (χ2n) is 7.78. The molecule has 1 aromatic carbocycles. The number of rotatable bonds is 2. The van der Waals surface area contributed by atoms with Gasteiger partial charge in [0.25, 0.3) is 0 Å². The first kappa shape index (κ1) is 15.9. The fraction of sp³-hybridized carbons (Fsp3) is 0.500. The van der Waals surface area contributed by atoms with Crippen LogP contribution in [0.2, 0.25) is 0 Å². The number of aryl methyl sites for hydroxylation is 2. The maximum atomic E-state index is 14.0. The minimum atomic E-state index is -0.175. The largest absolute Gasteiger partial charge is 0.348 e. The molecule has 26 heavy (non-hydrogen) atoms. The topological polar surface area (TPSA) is 49.7 Å². The van der Waals surface area contributed by atoms with Crippen molar-refractivity contribution in [3.63, 3.8) is 0 Å². The zero-order valence-corrected chi connectivity index (χ0v) is 15.3. The van der Waals surface area contributed by atoms with Crippen molar-refractivity contribution in [2.24, 2.45) is 0 Å². The fourth-order valence-electron chi connectivity index (χ4n) is 4.72. The highest BCUT2D eigenvalue weighted by atomic mass is 19.1. The van der Waals surface area contributed by atoms with Crippen molar-refractivity contribution in [2.45, 2.75) is 51.5 Å². The molecule has 1 saturated heterocycles. The number of nitrogens with one attached hydrogen (secondary N) is 1. The van der Waals surface area contributed by atoms with Crippen LogP contribution in [0.4, 0.5) is 10.3 Å². The summed E-state index contributed by atoms with van der Waals surface area (Å²) in [6, 6.07) is 3.67. The van der Waals surface area contributed by atoms with Crippen LogP contribution in [0.25, 0.3) is 11.0 Å². The third-order valence-electron chi connectivity index (χ3n) is 6.12. The maximum Gasteiger partial charge on any atom is 0.206 e. The van der Waals surface area contributed by atoms with Gasteiger partial charge in [0.1, 0.15) is 5.82 Å². The Kier molecular flexibility index (Phi) is 3.55. The van der Waals surface area contributed by atoms with Crippen LogP contribution in [0.15, 0.2) is 18.5 Å². The fourth-order valence-corrected chi connectivity index (χ4v) is 4.72. The lowest BCUT2D eigenvalue weighted by molar-refractivity contribution is 0.460. The first-order chi connectivity index (χ1) is 12.6. The predicted octanol–water partition coefficient (Wildman–Crippen LogP) is 4.10. The Morgan fingerprint density at radius 3 is 2.73 bits per heavy atom. The predicted molar refractivity (Wildman–Crippen MR) is 100 cm³/mol. The third kappa shape index (κ3) is 2.35. The highest BCUT2D eigenvalue weighted by molar-refractivity contribution is 5.83. The van der Waals surface area contributed by atoms with Gasteiger partial charge in [-0.1, -0.05) is 0 Å². The van der Waals surface area contributed by atoms with Crippen LogP contribution >= 0.6 is 0 Å². The highest BCUT2D eigenvalue weighted by Crippen LogP contribution is 2.38. The molecule has 1 fully saturated rings. The number of hydrogen-bond acceptors (Lipinski definition) is 3. The molecule has 1 unspecified atom stereocenters. The normalized spacial score (nSPS) is 20.9. The second-order valence-corrected chi connectivity index (χ2v) is 7.78. The Bertz CT molecular complexity index is 964. The van der Waals surface area contributed by atoms with Gasteiger partial charge < -0.3 is 14.5 Å². The molecule has 0 saturated carbocycles. The van der Waals surface area contributed by atoms with E-state index >= 15 is 0 Å². The smallest absolute Gasteiger partial charge is 0.206 e. The number of benzene rings is 1. The molecular formula is C20H24FN5. The minimum absolute atomic E-state index is 0.175. The Morgan fingerprint density at radius 2 is 2.00 bits per heavy atom. The first-order valence-electron chi connectivity index (χ1n) is 9.57. The van der Waals surface area contributed by atoms with Crippen molar-refractivity contribution in [3.8, 4) is 0 Å². The van der Waals surface area contributed by atoms with Crippen molar-refractivity contribution in [1.29, 1.82) is 0 Å². The van der Waals surface area contributed by atoms with Crippen molar-refractivity contribution in [1.82, 2.24) is 19.5 Å². The van der Waals surface area contributed by atoms with E-state index in [4.69, 9.17) is 4.98 Å². The molecule has 3 aromatic rings. The third-order valence-corrected chi connectivity index (χ3v) is 6.12. The zero-order valence-electron chi connectivity index (χ0n) is 15.3. The van der Waals surface area contributed by atoms with Gasteiger partial charge in [0.05, 0.1) is 23.1 Å². The molecular weight excluding hydrogens is 329 g/mol. The number of piperidine rings is 1. The highest BCUT2D eigenvalue weighted by Gasteiger charge is 2.30. The molecule has 0 amide bonds. The van der Waals surface area contributed by atoms with Gasteiger partial charge in [0.15, 0.2) is 0 Å². The quantitative estimate of drug-likeness (QED) is 0.755. The van der Waals surface area contributed by atoms with Gasteiger partial charge >= 0.3 is 0 Å².